The molecule has 3 rings (SSSR count). The highest BCUT2D eigenvalue weighted by molar-refractivity contribution is 6.21. The van der Waals surface area contributed by atoms with E-state index in [9.17, 15) is 14.4 Å². The van der Waals surface area contributed by atoms with Gasteiger partial charge in [0.25, 0.3) is 11.8 Å². The number of imide groups is 1. The Labute approximate surface area is 178 Å². The van der Waals surface area contributed by atoms with Crippen molar-refractivity contribution < 1.29 is 14.4 Å². The van der Waals surface area contributed by atoms with Crippen molar-refractivity contribution in [3.63, 3.8) is 0 Å². The second kappa shape index (κ2) is 10.7. The summed E-state index contributed by atoms with van der Waals surface area (Å²) in [6, 6.07) is 17.0. The van der Waals surface area contributed by atoms with E-state index >= 15 is 0 Å². The average molecular weight is 407 g/mol. The number of carbonyl (C=O) groups excluding carboxylic acids is 3. The Kier molecular flexibility index (Phi) is 7.77. The van der Waals surface area contributed by atoms with Crippen molar-refractivity contribution in [3.8, 4) is 0 Å². The molecule has 1 aliphatic rings. The predicted octanol–water partition coefficient (Wildman–Crippen LogP) is 4.89. The quantitative estimate of drug-likeness (QED) is 0.427. The van der Waals surface area contributed by atoms with E-state index in [1.54, 1.807) is 24.3 Å². The molecule has 0 fully saturated rings. The molecule has 0 radical (unpaired) electrons. The Bertz CT molecular complexity index is 844. The first-order valence-corrected chi connectivity index (χ1v) is 10.9. The Balaban J connectivity index is 1.24. The lowest BCUT2D eigenvalue weighted by Gasteiger charge is -2.14. The summed E-state index contributed by atoms with van der Waals surface area (Å²) in [5, 5.41) is 3.05. The molecule has 30 heavy (non-hydrogen) atoms. The summed E-state index contributed by atoms with van der Waals surface area (Å²) in [7, 11) is 0. The molecule has 2 aromatic carbocycles. The van der Waals surface area contributed by atoms with Gasteiger partial charge in [-0.05, 0) is 37.5 Å². The summed E-state index contributed by atoms with van der Waals surface area (Å²) in [6.45, 7) is 2.48. The first-order chi connectivity index (χ1) is 14.6. The first-order valence-electron chi connectivity index (χ1n) is 10.9. The molecule has 2 aromatic rings. The molecular formula is C25H30N2O3. The van der Waals surface area contributed by atoms with Crippen LogP contribution in [0.4, 0.5) is 0 Å². The number of amides is 3. The van der Waals surface area contributed by atoms with Gasteiger partial charge in [0.05, 0.1) is 17.2 Å². The van der Waals surface area contributed by atoms with E-state index in [-0.39, 0.29) is 23.8 Å². The van der Waals surface area contributed by atoms with E-state index in [0.29, 0.717) is 24.1 Å². The van der Waals surface area contributed by atoms with Crippen LogP contribution in [-0.4, -0.2) is 29.2 Å². The number of unbranched alkanes of at least 4 members (excludes halogenated alkanes) is 5. The second-order valence-corrected chi connectivity index (χ2v) is 7.88. The van der Waals surface area contributed by atoms with Gasteiger partial charge in [-0.2, -0.15) is 0 Å². The maximum atomic E-state index is 12.3. The SMILES string of the molecule is CC(NC(=O)CCCCCCCCN1C(=O)c2ccccc2C1=O)c1ccccc1. The highest BCUT2D eigenvalue weighted by Gasteiger charge is 2.34. The monoisotopic (exact) mass is 406 g/mol. The number of fused-ring (bicyclic) bond motifs is 1. The number of hydrogen-bond donors (Lipinski definition) is 1. The Morgan fingerprint density at radius 1 is 0.800 bits per heavy atom. The number of benzene rings is 2. The minimum atomic E-state index is -0.175. The van der Waals surface area contributed by atoms with Crippen LogP contribution in [0.2, 0.25) is 0 Å². The third-order valence-corrected chi connectivity index (χ3v) is 5.59. The van der Waals surface area contributed by atoms with Crippen LogP contribution in [0.3, 0.4) is 0 Å². The molecule has 3 amide bonds. The number of nitrogens with zero attached hydrogens (tertiary/aromatic N) is 1. The molecule has 0 aliphatic carbocycles. The lowest BCUT2D eigenvalue weighted by Crippen LogP contribution is -2.30. The van der Waals surface area contributed by atoms with Gasteiger partial charge >= 0.3 is 0 Å². The molecule has 1 N–H and O–H groups in total. The summed E-state index contributed by atoms with van der Waals surface area (Å²) < 4.78 is 0. The molecule has 0 bridgehead atoms. The smallest absolute Gasteiger partial charge is 0.261 e. The van der Waals surface area contributed by atoms with Crippen molar-refractivity contribution in [2.45, 2.75) is 57.9 Å². The third-order valence-electron chi connectivity index (χ3n) is 5.59. The Hall–Kier alpha value is -2.95. The Morgan fingerprint density at radius 3 is 1.97 bits per heavy atom. The van der Waals surface area contributed by atoms with Gasteiger partial charge in [-0.25, -0.2) is 0 Å². The van der Waals surface area contributed by atoms with Crippen LogP contribution in [-0.2, 0) is 4.79 Å². The minimum Gasteiger partial charge on any atom is -0.350 e. The molecule has 1 unspecified atom stereocenters. The zero-order valence-corrected chi connectivity index (χ0v) is 17.6. The molecule has 0 spiro atoms. The van der Waals surface area contributed by atoms with E-state index in [4.69, 9.17) is 0 Å². The fraction of sp³-hybridized carbons (Fsp3) is 0.400. The van der Waals surface area contributed by atoms with Gasteiger partial charge in [-0.1, -0.05) is 68.1 Å². The standard InChI is InChI=1S/C25H30N2O3/c1-19(20-13-7-6-8-14-20)26-23(28)17-9-4-2-3-5-12-18-27-24(29)21-15-10-11-16-22(21)25(27)30/h6-8,10-11,13-16,19H,2-5,9,12,17-18H2,1H3,(H,26,28). The van der Waals surface area contributed by atoms with Crippen molar-refractivity contribution in [2.24, 2.45) is 0 Å². The molecule has 0 saturated heterocycles. The van der Waals surface area contributed by atoms with Crippen LogP contribution in [0.15, 0.2) is 54.6 Å². The van der Waals surface area contributed by atoms with Gasteiger partial charge in [0.15, 0.2) is 0 Å². The van der Waals surface area contributed by atoms with Crippen LogP contribution in [0.25, 0.3) is 0 Å². The summed E-state index contributed by atoms with van der Waals surface area (Å²) in [5.74, 6) is -0.255. The third kappa shape index (κ3) is 5.56. The lowest BCUT2D eigenvalue weighted by molar-refractivity contribution is -0.121. The zero-order valence-electron chi connectivity index (χ0n) is 17.6. The van der Waals surface area contributed by atoms with Gasteiger partial charge < -0.3 is 5.32 Å². The molecule has 5 heteroatoms. The molecule has 5 nitrogen and oxygen atoms in total. The number of hydrogen-bond acceptors (Lipinski definition) is 3. The average Bonchev–Trinajstić information content (AvgIpc) is 3.01. The molecule has 158 valence electrons. The summed E-state index contributed by atoms with van der Waals surface area (Å²) >= 11 is 0. The van der Waals surface area contributed by atoms with Crippen molar-refractivity contribution in [2.75, 3.05) is 6.54 Å². The maximum Gasteiger partial charge on any atom is 0.261 e. The number of carbonyl (C=O) groups is 3. The van der Waals surface area contributed by atoms with Gasteiger partial charge in [-0.3, -0.25) is 19.3 Å². The number of rotatable bonds is 11. The van der Waals surface area contributed by atoms with Crippen LogP contribution in [0.5, 0.6) is 0 Å². The highest BCUT2D eigenvalue weighted by atomic mass is 16.2. The van der Waals surface area contributed by atoms with Gasteiger partial charge in [0.2, 0.25) is 5.91 Å². The van der Waals surface area contributed by atoms with Crippen LogP contribution >= 0.6 is 0 Å². The largest absolute Gasteiger partial charge is 0.350 e. The molecular weight excluding hydrogens is 376 g/mol. The van der Waals surface area contributed by atoms with E-state index in [2.05, 4.69) is 5.32 Å². The fourth-order valence-electron chi connectivity index (χ4n) is 3.84. The van der Waals surface area contributed by atoms with E-state index in [0.717, 1.165) is 44.1 Å². The molecule has 0 aromatic heterocycles. The van der Waals surface area contributed by atoms with Gasteiger partial charge in [-0.15, -0.1) is 0 Å². The molecule has 1 heterocycles. The molecule has 1 atom stereocenters. The summed E-state index contributed by atoms with van der Waals surface area (Å²) in [4.78, 5) is 38.1. The maximum absolute atomic E-state index is 12.3. The zero-order chi connectivity index (χ0) is 21.3. The topological polar surface area (TPSA) is 66.5 Å². The van der Waals surface area contributed by atoms with Crippen molar-refractivity contribution in [1.82, 2.24) is 10.2 Å². The normalized spacial score (nSPS) is 14.0. The van der Waals surface area contributed by atoms with Crippen molar-refractivity contribution in [3.05, 3.63) is 71.3 Å². The second-order valence-electron chi connectivity index (χ2n) is 7.88. The lowest BCUT2D eigenvalue weighted by atomic mass is 10.1. The fourth-order valence-corrected chi connectivity index (χ4v) is 3.84. The van der Waals surface area contributed by atoms with Crippen LogP contribution in [0, 0.1) is 0 Å². The summed E-state index contributed by atoms with van der Waals surface area (Å²) in [6.07, 6.45) is 6.35. The first kappa shape index (κ1) is 21.8. The van der Waals surface area contributed by atoms with Gasteiger partial charge in [0.1, 0.15) is 0 Å². The van der Waals surface area contributed by atoms with Crippen LogP contribution in [0.1, 0.15) is 84.2 Å². The highest BCUT2D eigenvalue weighted by Crippen LogP contribution is 2.23. The predicted molar refractivity (Wildman–Crippen MR) is 117 cm³/mol. The van der Waals surface area contributed by atoms with Crippen LogP contribution < -0.4 is 5.32 Å². The molecule has 1 aliphatic heterocycles. The number of nitrogens with one attached hydrogen (secondary N) is 1. The molecule has 0 saturated carbocycles. The van der Waals surface area contributed by atoms with Gasteiger partial charge in [0, 0.05) is 13.0 Å². The minimum absolute atomic E-state index is 0.0286. The Morgan fingerprint density at radius 2 is 1.33 bits per heavy atom. The van der Waals surface area contributed by atoms with E-state index in [1.807, 2.05) is 37.3 Å². The summed E-state index contributed by atoms with van der Waals surface area (Å²) in [5.41, 5.74) is 2.15. The van der Waals surface area contributed by atoms with E-state index in [1.165, 1.54) is 4.90 Å². The van der Waals surface area contributed by atoms with E-state index < -0.39 is 0 Å². The van der Waals surface area contributed by atoms with Crippen molar-refractivity contribution in [1.29, 1.82) is 0 Å². The van der Waals surface area contributed by atoms with Crippen molar-refractivity contribution >= 4 is 17.7 Å².